The summed E-state index contributed by atoms with van der Waals surface area (Å²) in [6.07, 6.45) is 0.123. The minimum atomic E-state index is 0.123. The molecule has 0 N–H and O–H groups in total. The van der Waals surface area contributed by atoms with Crippen LogP contribution in [0, 0.1) is 0 Å². The van der Waals surface area contributed by atoms with E-state index in [0.29, 0.717) is 0 Å². The number of ether oxygens (including phenoxy) is 1. The largest absolute Gasteiger partial charge is 0.369 e. The molecule has 0 unspecified atom stereocenters. The van der Waals surface area contributed by atoms with Gasteiger partial charge in [0.1, 0.15) is 6.10 Å². The Morgan fingerprint density at radius 1 is 0.875 bits per heavy atom. The van der Waals surface area contributed by atoms with E-state index >= 15 is 0 Å². The van der Waals surface area contributed by atoms with Gasteiger partial charge in [0, 0.05) is 6.61 Å². The van der Waals surface area contributed by atoms with Gasteiger partial charge >= 0.3 is 0 Å². The zero-order chi connectivity index (χ0) is 11.0. The van der Waals surface area contributed by atoms with E-state index in [-0.39, 0.29) is 6.10 Å². The topological polar surface area (TPSA) is 9.23 Å². The van der Waals surface area contributed by atoms with Crippen molar-refractivity contribution in [3.63, 3.8) is 0 Å². The molecule has 0 radical (unpaired) electrons. The Bertz CT molecular complexity index is 471. The number of hydrogen-bond donors (Lipinski definition) is 0. The van der Waals surface area contributed by atoms with Crippen LogP contribution in [-0.2, 0) is 4.74 Å². The molecule has 16 heavy (non-hydrogen) atoms. The van der Waals surface area contributed by atoms with Crippen LogP contribution in [-0.4, -0.2) is 6.61 Å². The Labute approximate surface area is 95.7 Å². The highest BCUT2D eigenvalue weighted by Gasteiger charge is 2.27. The number of fused-ring (bicyclic) bond motifs is 3. The van der Waals surface area contributed by atoms with Crippen LogP contribution in [0.1, 0.15) is 24.2 Å². The lowest BCUT2D eigenvalue weighted by Crippen LogP contribution is -2.01. The zero-order valence-electron chi connectivity index (χ0n) is 9.31. The highest BCUT2D eigenvalue weighted by atomic mass is 16.5. The van der Waals surface area contributed by atoms with Crippen molar-refractivity contribution in [1.82, 2.24) is 0 Å². The Kier molecular flexibility index (Phi) is 2.26. The Morgan fingerprint density at radius 3 is 1.88 bits per heavy atom. The van der Waals surface area contributed by atoms with Gasteiger partial charge < -0.3 is 4.74 Å². The van der Waals surface area contributed by atoms with Gasteiger partial charge in [0.05, 0.1) is 0 Å². The molecular formula is C15H14O. The maximum atomic E-state index is 5.86. The van der Waals surface area contributed by atoms with Crippen LogP contribution in [0.25, 0.3) is 11.1 Å². The van der Waals surface area contributed by atoms with Crippen LogP contribution in [0.15, 0.2) is 48.5 Å². The molecule has 1 aliphatic carbocycles. The summed E-state index contributed by atoms with van der Waals surface area (Å²) in [6.45, 7) is 2.79. The van der Waals surface area contributed by atoms with Crippen molar-refractivity contribution in [3.8, 4) is 11.1 Å². The average Bonchev–Trinajstić information content (AvgIpc) is 2.66. The summed E-state index contributed by atoms with van der Waals surface area (Å²) in [5.41, 5.74) is 5.23. The molecule has 3 rings (SSSR count). The van der Waals surface area contributed by atoms with Gasteiger partial charge in [0.15, 0.2) is 0 Å². The van der Waals surface area contributed by atoms with Crippen molar-refractivity contribution in [3.05, 3.63) is 59.7 Å². The van der Waals surface area contributed by atoms with Gasteiger partial charge in [-0.3, -0.25) is 0 Å². The third kappa shape index (κ3) is 1.29. The van der Waals surface area contributed by atoms with Crippen molar-refractivity contribution in [2.45, 2.75) is 13.0 Å². The van der Waals surface area contributed by atoms with Crippen molar-refractivity contribution in [1.29, 1.82) is 0 Å². The highest BCUT2D eigenvalue weighted by Crippen LogP contribution is 2.44. The Hall–Kier alpha value is -1.60. The van der Waals surface area contributed by atoms with Crippen LogP contribution in [0.3, 0.4) is 0 Å². The number of benzene rings is 2. The minimum Gasteiger partial charge on any atom is -0.369 e. The van der Waals surface area contributed by atoms with E-state index in [1.54, 1.807) is 0 Å². The van der Waals surface area contributed by atoms with Gasteiger partial charge in [0.2, 0.25) is 0 Å². The lowest BCUT2D eigenvalue weighted by atomic mass is 10.1. The van der Waals surface area contributed by atoms with E-state index in [9.17, 15) is 0 Å². The van der Waals surface area contributed by atoms with E-state index in [2.05, 4.69) is 48.5 Å². The molecule has 1 nitrogen and oxygen atoms in total. The monoisotopic (exact) mass is 210 g/mol. The first kappa shape index (κ1) is 9.61. The highest BCUT2D eigenvalue weighted by molar-refractivity contribution is 5.77. The molecule has 80 valence electrons. The summed E-state index contributed by atoms with van der Waals surface area (Å²) in [6, 6.07) is 17.0. The maximum Gasteiger partial charge on any atom is 0.109 e. The van der Waals surface area contributed by atoms with E-state index in [4.69, 9.17) is 4.74 Å². The van der Waals surface area contributed by atoms with Gasteiger partial charge in [-0.1, -0.05) is 48.5 Å². The van der Waals surface area contributed by atoms with Gasteiger partial charge in [-0.05, 0) is 29.2 Å². The second kappa shape index (κ2) is 3.76. The second-order valence-electron chi connectivity index (χ2n) is 4.01. The molecular weight excluding hydrogens is 196 g/mol. The molecule has 0 saturated heterocycles. The molecule has 1 aliphatic rings. The smallest absolute Gasteiger partial charge is 0.109 e. The van der Waals surface area contributed by atoms with Crippen LogP contribution < -0.4 is 0 Å². The summed E-state index contributed by atoms with van der Waals surface area (Å²) in [5, 5.41) is 0. The van der Waals surface area contributed by atoms with Crippen molar-refractivity contribution < 1.29 is 4.74 Å². The fourth-order valence-electron chi connectivity index (χ4n) is 2.46. The predicted molar refractivity (Wildman–Crippen MR) is 65.3 cm³/mol. The third-order valence-corrected chi connectivity index (χ3v) is 3.11. The summed E-state index contributed by atoms with van der Waals surface area (Å²) in [7, 11) is 0. The summed E-state index contributed by atoms with van der Waals surface area (Å²) in [5.74, 6) is 0. The van der Waals surface area contributed by atoms with Gasteiger partial charge in [-0.15, -0.1) is 0 Å². The molecule has 1 heteroatoms. The van der Waals surface area contributed by atoms with E-state index in [0.717, 1.165) is 6.61 Å². The van der Waals surface area contributed by atoms with Crippen LogP contribution in [0.4, 0.5) is 0 Å². The van der Waals surface area contributed by atoms with Crippen LogP contribution in [0.2, 0.25) is 0 Å². The van der Waals surface area contributed by atoms with Crippen LogP contribution >= 0.6 is 0 Å². The normalized spacial score (nSPS) is 13.6. The van der Waals surface area contributed by atoms with Crippen molar-refractivity contribution in [2.75, 3.05) is 6.61 Å². The lowest BCUT2D eigenvalue weighted by Gasteiger charge is -2.12. The predicted octanol–water partition coefficient (Wildman–Crippen LogP) is 3.79. The molecule has 0 fully saturated rings. The molecule has 0 bridgehead atoms. The second-order valence-corrected chi connectivity index (χ2v) is 4.01. The number of rotatable bonds is 2. The van der Waals surface area contributed by atoms with Crippen molar-refractivity contribution in [2.24, 2.45) is 0 Å². The SMILES string of the molecule is CCOC1c2ccccc2-c2ccccc21. The molecule has 2 aromatic carbocycles. The van der Waals surface area contributed by atoms with Crippen molar-refractivity contribution >= 4 is 0 Å². The molecule has 0 spiro atoms. The first-order chi connectivity index (χ1) is 7.92. The van der Waals surface area contributed by atoms with E-state index in [1.807, 2.05) is 6.92 Å². The van der Waals surface area contributed by atoms with E-state index < -0.39 is 0 Å². The lowest BCUT2D eigenvalue weighted by molar-refractivity contribution is 0.0944. The minimum absolute atomic E-state index is 0.123. The molecule has 0 aliphatic heterocycles. The standard InChI is InChI=1S/C15H14O/c1-2-16-15-13-9-5-3-7-11(13)12-8-4-6-10-14(12)15/h3-10,15H,2H2,1H3. The molecule has 0 atom stereocenters. The summed E-state index contributed by atoms with van der Waals surface area (Å²) in [4.78, 5) is 0. The van der Waals surface area contributed by atoms with Gasteiger partial charge in [0.25, 0.3) is 0 Å². The summed E-state index contributed by atoms with van der Waals surface area (Å²) < 4.78 is 5.86. The van der Waals surface area contributed by atoms with Gasteiger partial charge in [-0.25, -0.2) is 0 Å². The average molecular weight is 210 g/mol. The van der Waals surface area contributed by atoms with E-state index in [1.165, 1.54) is 22.3 Å². The molecule has 2 aromatic rings. The third-order valence-electron chi connectivity index (χ3n) is 3.11. The van der Waals surface area contributed by atoms with Crippen LogP contribution in [0.5, 0.6) is 0 Å². The summed E-state index contributed by atoms with van der Waals surface area (Å²) >= 11 is 0. The fraction of sp³-hybridized carbons (Fsp3) is 0.200. The maximum absolute atomic E-state index is 5.86. The molecule has 0 aromatic heterocycles. The Morgan fingerprint density at radius 2 is 1.38 bits per heavy atom. The molecule has 0 amide bonds. The molecule has 0 heterocycles. The van der Waals surface area contributed by atoms with Gasteiger partial charge in [-0.2, -0.15) is 0 Å². The Balaban J connectivity index is 2.21. The first-order valence-corrected chi connectivity index (χ1v) is 5.71. The zero-order valence-corrected chi connectivity index (χ0v) is 9.31. The number of hydrogen-bond acceptors (Lipinski definition) is 1. The molecule has 0 saturated carbocycles. The first-order valence-electron chi connectivity index (χ1n) is 5.71. The fourth-order valence-corrected chi connectivity index (χ4v) is 2.46. The quantitative estimate of drug-likeness (QED) is 0.732.